The predicted molar refractivity (Wildman–Crippen MR) is 69.5 cm³/mol. The Kier molecular flexibility index (Phi) is 3.72. The summed E-state index contributed by atoms with van der Waals surface area (Å²) in [6.45, 7) is 0. The van der Waals surface area contributed by atoms with E-state index >= 15 is 0 Å². The molecule has 0 spiro atoms. The molecule has 0 aliphatic heterocycles. The van der Waals surface area contributed by atoms with Crippen LogP contribution in [0, 0.1) is 10.1 Å². The van der Waals surface area contributed by atoms with Gasteiger partial charge in [-0.1, -0.05) is 23.7 Å². The Hall–Kier alpha value is -2.47. The number of halogens is 1. The van der Waals surface area contributed by atoms with Gasteiger partial charge in [-0.05, 0) is 29.3 Å². The zero-order valence-electron chi connectivity index (χ0n) is 9.56. The normalized spacial score (nSPS) is 9.95. The van der Waals surface area contributed by atoms with E-state index in [9.17, 15) is 14.9 Å². The summed E-state index contributed by atoms with van der Waals surface area (Å²) in [5.41, 5.74) is 0.183. The lowest BCUT2D eigenvalue weighted by Gasteiger charge is -2.12. The summed E-state index contributed by atoms with van der Waals surface area (Å²) >= 11 is 5.87. The number of pyridine rings is 1. The van der Waals surface area contributed by atoms with Crippen molar-refractivity contribution in [1.29, 1.82) is 0 Å². The molecule has 0 aliphatic rings. The summed E-state index contributed by atoms with van der Waals surface area (Å²) in [5.74, 6) is -0.804. The van der Waals surface area contributed by atoms with Gasteiger partial charge in [0, 0.05) is 12.4 Å². The third kappa shape index (κ3) is 2.69. The lowest BCUT2D eigenvalue weighted by atomic mass is 10.2. The highest BCUT2D eigenvalue weighted by Gasteiger charge is 2.29. The number of carbonyl (C=O) groups is 1. The summed E-state index contributed by atoms with van der Waals surface area (Å²) in [6, 6.07) is 8.91. The molecule has 0 fully saturated rings. The number of hydrazine groups is 1. The van der Waals surface area contributed by atoms with Gasteiger partial charge in [-0.3, -0.25) is 9.78 Å². The van der Waals surface area contributed by atoms with E-state index in [0.717, 1.165) is 0 Å². The fourth-order valence-corrected chi connectivity index (χ4v) is 1.74. The largest absolute Gasteiger partial charge is 0.321 e. The molecule has 0 unspecified atom stereocenters. The van der Waals surface area contributed by atoms with Crippen molar-refractivity contribution in [2.24, 2.45) is 0 Å². The molecule has 1 heterocycles. The number of benzene rings is 1. The summed E-state index contributed by atoms with van der Waals surface area (Å²) in [5, 5.41) is 10.9. The quantitative estimate of drug-likeness (QED) is 0.638. The van der Waals surface area contributed by atoms with Gasteiger partial charge in [0.2, 0.25) is 0 Å². The Bertz CT molecular complexity index is 619. The summed E-state index contributed by atoms with van der Waals surface area (Å²) in [6.07, 6.45) is 2.73. The molecule has 6 nitrogen and oxygen atoms in total. The molecule has 0 aliphatic carbocycles. The van der Waals surface area contributed by atoms with Crippen LogP contribution in [0.4, 0.5) is 5.69 Å². The first kappa shape index (κ1) is 13.0. The molecule has 0 saturated carbocycles. The van der Waals surface area contributed by atoms with Crippen molar-refractivity contribution in [3.8, 4) is 0 Å². The fraction of sp³-hybridized carbons (Fsp3) is 0. The van der Waals surface area contributed by atoms with Crippen LogP contribution in [-0.4, -0.2) is 15.9 Å². The van der Waals surface area contributed by atoms with E-state index in [-0.39, 0.29) is 16.3 Å². The van der Waals surface area contributed by atoms with Gasteiger partial charge in [0.15, 0.2) is 5.03 Å². The highest BCUT2D eigenvalue weighted by molar-refractivity contribution is 6.34. The minimum atomic E-state index is -0.804. The minimum absolute atomic E-state index is 0.0673. The number of hydrogen-bond donors (Lipinski definition) is 0. The lowest BCUT2D eigenvalue weighted by molar-refractivity contribution is -0.481. The standard InChI is InChI=1S/C12H8ClN3O3/c13-11-4-2-1-3-10(11)12(17)15(16(18)19)9-5-7-14-8-6-9/h1-8H. The molecule has 2 aromatic rings. The van der Waals surface area contributed by atoms with Crippen LogP contribution >= 0.6 is 11.6 Å². The van der Waals surface area contributed by atoms with Crippen LogP contribution < -0.4 is 5.01 Å². The van der Waals surface area contributed by atoms with Gasteiger partial charge in [0.05, 0.1) is 10.6 Å². The maximum absolute atomic E-state index is 12.2. The third-order valence-corrected chi connectivity index (χ3v) is 2.70. The van der Waals surface area contributed by atoms with Crippen LogP contribution in [0.25, 0.3) is 0 Å². The lowest BCUT2D eigenvalue weighted by Crippen LogP contribution is -2.36. The summed E-state index contributed by atoms with van der Waals surface area (Å²) < 4.78 is 0. The molecule has 19 heavy (non-hydrogen) atoms. The van der Waals surface area contributed by atoms with Crippen LogP contribution in [0.2, 0.25) is 5.02 Å². The van der Waals surface area contributed by atoms with Gasteiger partial charge >= 0.3 is 5.91 Å². The van der Waals surface area contributed by atoms with E-state index in [1.165, 1.54) is 36.7 Å². The van der Waals surface area contributed by atoms with Crippen molar-refractivity contribution in [2.75, 3.05) is 5.01 Å². The molecule has 0 radical (unpaired) electrons. The molecule has 1 aromatic carbocycles. The predicted octanol–water partition coefficient (Wildman–Crippen LogP) is 2.57. The fourth-order valence-electron chi connectivity index (χ4n) is 1.52. The zero-order chi connectivity index (χ0) is 13.8. The summed E-state index contributed by atoms with van der Waals surface area (Å²) in [7, 11) is 0. The van der Waals surface area contributed by atoms with Gasteiger partial charge in [0.25, 0.3) is 0 Å². The van der Waals surface area contributed by atoms with E-state index in [1.54, 1.807) is 12.1 Å². The van der Waals surface area contributed by atoms with Gasteiger partial charge in [0.1, 0.15) is 5.69 Å². The van der Waals surface area contributed by atoms with Crippen LogP contribution in [0.1, 0.15) is 10.4 Å². The highest BCUT2D eigenvalue weighted by atomic mass is 35.5. The number of amides is 1. The van der Waals surface area contributed by atoms with Crippen LogP contribution in [0.3, 0.4) is 0 Å². The van der Waals surface area contributed by atoms with E-state index < -0.39 is 10.9 Å². The van der Waals surface area contributed by atoms with Gasteiger partial charge in [-0.25, -0.2) is 10.1 Å². The number of anilines is 1. The Morgan fingerprint density at radius 1 is 1.21 bits per heavy atom. The Labute approximate surface area is 113 Å². The second kappa shape index (κ2) is 5.45. The SMILES string of the molecule is O=C(c1ccccc1Cl)N(c1ccncc1)[N+](=O)[O-]. The van der Waals surface area contributed by atoms with Crippen LogP contribution in [0.5, 0.6) is 0 Å². The van der Waals surface area contributed by atoms with E-state index in [1.807, 2.05) is 0 Å². The minimum Gasteiger partial charge on any atom is -0.265 e. The first-order valence-electron chi connectivity index (χ1n) is 5.24. The van der Waals surface area contributed by atoms with E-state index in [2.05, 4.69) is 4.98 Å². The molecule has 2 rings (SSSR count). The van der Waals surface area contributed by atoms with Gasteiger partial charge in [-0.2, -0.15) is 0 Å². The number of nitrogens with zero attached hydrogens (tertiary/aromatic N) is 3. The smallest absolute Gasteiger partial charge is 0.265 e. The molecule has 0 N–H and O–H groups in total. The first-order chi connectivity index (χ1) is 9.11. The Morgan fingerprint density at radius 2 is 1.84 bits per heavy atom. The van der Waals surface area contributed by atoms with Gasteiger partial charge in [-0.15, -0.1) is 0 Å². The van der Waals surface area contributed by atoms with Crippen molar-refractivity contribution >= 4 is 23.2 Å². The van der Waals surface area contributed by atoms with Crippen molar-refractivity contribution in [2.45, 2.75) is 0 Å². The van der Waals surface area contributed by atoms with Crippen molar-refractivity contribution in [3.63, 3.8) is 0 Å². The monoisotopic (exact) mass is 277 g/mol. The molecule has 96 valence electrons. The number of aromatic nitrogens is 1. The van der Waals surface area contributed by atoms with Crippen LogP contribution in [-0.2, 0) is 0 Å². The average molecular weight is 278 g/mol. The molecule has 1 aromatic heterocycles. The topological polar surface area (TPSA) is 76.3 Å². The Balaban J connectivity index is 2.44. The molecule has 0 saturated heterocycles. The summed E-state index contributed by atoms with van der Waals surface area (Å²) in [4.78, 5) is 27.0. The molecule has 7 heteroatoms. The van der Waals surface area contributed by atoms with Crippen molar-refractivity contribution in [3.05, 3.63) is 69.5 Å². The molecule has 0 bridgehead atoms. The second-order valence-electron chi connectivity index (χ2n) is 3.54. The van der Waals surface area contributed by atoms with E-state index in [0.29, 0.717) is 5.01 Å². The molecular formula is C12H8ClN3O3. The Morgan fingerprint density at radius 3 is 2.42 bits per heavy atom. The molecule has 0 atom stereocenters. The van der Waals surface area contributed by atoms with Crippen LogP contribution in [0.15, 0.2) is 48.8 Å². The first-order valence-corrected chi connectivity index (χ1v) is 5.62. The maximum atomic E-state index is 12.2. The van der Waals surface area contributed by atoms with Gasteiger partial charge < -0.3 is 0 Å². The number of carbonyl (C=O) groups excluding carboxylic acids is 1. The van der Waals surface area contributed by atoms with E-state index in [4.69, 9.17) is 11.6 Å². The molecule has 1 amide bonds. The number of nitro groups is 1. The number of rotatable bonds is 3. The van der Waals surface area contributed by atoms with Crippen molar-refractivity contribution < 1.29 is 9.83 Å². The third-order valence-electron chi connectivity index (χ3n) is 2.37. The average Bonchev–Trinajstić information content (AvgIpc) is 2.40. The zero-order valence-corrected chi connectivity index (χ0v) is 10.3. The number of hydrogen-bond acceptors (Lipinski definition) is 4. The van der Waals surface area contributed by atoms with Crippen molar-refractivity contribution in [1.82, 2.24) is 4.98 Å². The molecular weight excluding hydrogens is 270 g/mol. The maximum Gasteiger partial charge on any atom is 0.321 e. The highest BCUT2D eigenvalue weighted by Crippen LogP contribution is 2.21. The second-order valence-corrected chi connectivity index (χ2v) is 3.95.